The minimum atomic E-state index is -3.58. The van der Waals surface area contributed by atoms with Gasteiger partial charge in [-0.15, -0.1) is 11.3 Å². The molecule has 4 nitrogen and oxygen atoms in total. The highest BCUT2D eigenvalue weighted by Crippen LogP contribution is 2.32. The van der Waals surface area contributed by atoms with Gasteiger partial charge in [-0.05, 0) is 36.6 Å². The van der Waals surface area contributed by atoms with Crippen LogP contribution in [0.2, 0.25) is 5.02 Å². The monoisotopic (exact) mass is 319 g/mol. The second kappa shape index (κ2) is 5.38. The van der Waals surface area contributed by atoms with Crippen molar-refractivity contribution in [3.05, 3.63) is 29.3 Å². The minimum absolute atomic E-state index is 0.216. The smallest absolute Gasteiger partial charge is 0.252 e. The van der Waals surface area contributed by atoms with Crippen LogP contribution in [-0.4, -0.2) is 37.5 Å². The number of halogens is 1. The summed E-state index contributed by atoms with van der Waals surface area (Å²) in [6, 6.07) is 6.43. The normalized spacial score (nSPS) is 14.2. The van der Waals surface area contributed by atoms with Gasteiger partial charge in [0.05, 0.1) is 6.61 Å². The molecule has 2 rings (SSSR count). The number of fused-ring (bicyclic) bond motifs is 1. The van der Waals surface area contributed by atoms with Gasteiger partial charge in [0.2, 0.25) is 0 Å². The largest absolute Gasteiger partial charge is 0.395 e. The maximum atomic E-state index is 12.4. The van der Waals surface area contributed by atoms with Crippen LogP contribution in [0.15, 0.2) is 28.5 Å². The van der Waals surface area contributed by atoms with E-state index in [-0.39, 0.29) is 10.8 Å². The molecule has 1 aromatic carbocycles. The summed E-state index contributed by atoms with van der Waals surface area (Å²) in [7, 11) is -2.11. The summed E-state index contributed by atoms with van der Waals surface area (Å²) in [5, 5.41) is 10.5. The summed E-state index contributed by atoms with van der Waals surface area (Å²) in [6.07, 6.45) is 0. The number of aliphatic hydroxyl groups is 1. The van der Waals surface area contributed by atoms with E-state index in [2.05, 4.69) is 0 Å². The Bertz CT molecular complexity index is 696. The van der Waals surface area contributed by atoms with Crippen LogP contribution >= 0.6 is 22.9 Å². The summed E-state index contributed by atoms with van der Waals surface area (Å²) in [4.78, 5) is 0. The van der Waals surface area contributed by atoms with Crippen LogP contribution in [0.5, 0.6) is 0 Å². The van der Waals surface area contributed by atoms with Gasteiger partial charge in [0, 0.05) is 22.8 Å². The number of nitrogens with zero attached hydrogens (tertiary/aromatic N) is 1. The van der Waals surface area contributed by atoms with Crippen LogP contribution in [0, 0.1) is 0 Å². The zero-order chi connectivity index (χ0) is 14.2. The molecule has 1 N–H and O–H groups in total. The molecule has 7 heteroatoms. The van der Waals surface area contributed by atoms with E-state index >= 15 is 0 Å². The second-order valence-corrected chi connectivity index (χ2v) is 8.04. The molecule has 1 heterocycles. The first-order valence-electron chi connectivity index (χ1n) is 5.64. The molecule has 2 aromatic rings. The van der Waals surface area contributed by atoms with Crippen molar-refractivity contribution in [1.82, 2.24) is 4.31 Å². The van der Waals surface area contributed by atoms with Gasteiger partial charge < -0.3 is 5.11 Å². The van der Waals surface area contributed by atoms with Gasteiger partial charge >= 0.3 is 0 Å². The van der Waals surface area contributed by atoms with Gasteiger partial charge in [0.15, 0.2) is 0 Å². The quantitative estimate of drug-likeness (QED) is 0.942. The topological polar surface area (TPSA) is 57.6 Å². The highest BCUT2D eigenvalue weighted by molar-refractivity contribution is 7.91. The maximum Gasteiger partial charge on any atom is 0.252 e. The summed E-state index contributed by atoms with van der Waals surface area (Å²) in [6.45, 7) is 1.44. The molecule has 1 aromatic heterocycles. The Morgan fingerprint density at radius 2 is 2.11 bits per heavy atom. The Hall–Kier alpha value is -0.660. The summed E-state index contributed by atoms with van der Waals surface area (Å²) in [5.41, 5.74) is 0. The van der Waals surface area contributed by atoms with Gasteiger partial charge in [0.25, 0.3) is 10.0 Å². The van der Waals surface area contributed by atoms with Gasteiger partial charge in [-0.1, -0.05) is 11.6 Å². The number of benzene rings is 1. The molecule has 0 aliphatic carbocycles. The van der Waals surface area contributed by atoms with Crippen molar-refractivity contribution in [2.75, 3.05) is 13.7 Å². The number of hydrogen-bond acceptors (Lipinski definition) is 4. The zero-order valence-corrected chi connectivity index (χ0v) is 12.9. The number of sulfonamides is 1. The average Bonchev–Trinajstić information content (AvgIpc) is 2.80. The van der Waals surface area contributed by atoms with Gasteiger partial charge in [-0.2, -0.15) is 4.31 Å². The second-order valence-electron chi connectivity index (χ2n) is 4.30. The maximum absolute atomic E-state index is 12.4. The van der Waals surface area contributed by atoms with Gasteiger partial charge in [-0.25, -0.2) is 8.42 Å². The fourth-order valence-corrected chi connectivity index (χ4v) is 4.71. The fourth-order valence-electron chi connectivity index (χ4n) is 1.61. The molecule has 0 radical (unpaired) electrons. The third-order valence-electron chi connectivity index (χ3n) is 2.97. The van der Waals surface area contributed by atoms with Gasteiger partial charge in [0.1, 0.15) is 4.21 Å². The number of rotatable bonds is 4. The number of likely N-dealkylation sites (N-methyl/N-ethyl adjacent to an activating group) is 1. The van der Waals surface area contributed by atoms with Crippen molar-refractivity contribution in [3.8, 4) is 0 Å². The van der Waals surface area contributed by atoms with Crippen LogP contribution in [0.3, 0.4) is 0 Å². The Morgan fingerprint density at radius 1 is 1.42 bits per heavy atom. The first-order valence-corrected chi connectivity index (χ1v) is 8.27. The van der Waals surface area contributed by atoms with E-state index in [0.29, 0.717) is 5.02 Å². The molecule has 1 atom stereocenters. The van der Waals surface area contributed by atoms with E-state index < -0.39 is 16.1 Å². The SMILES string of the molecule is CC(CO)N(C)S(=O)(=O)c1cc2cc(Cl)ccc2s1. The summed E-state index contributed by atoms with van der Waals surface area (Å²) in [5.74, 6) is 0. The van der Waals surface area contributed by atoms with Crippen molar-refractivity contribution in [3.63, 3.8) is 0 Å². The van der Waals surface area contributed by atoms with Crippen LogP contribution in [0.1, 0.15) is 6.92 Å². The average molecular weight is 320 g/mol. The highest BCUT2D eigenvalue weighted by atomic mass is 35.5. The zero-order valence-electron chi connectivity index (χ0n) is 10.5. The first-order chi connectivity index (χ1) is 8.86. The van der Waals surface area contributed by atoms with Crippen molar-refractivity contribution in [1.29, 1.82) is 0 Å². The van der Waals surface area contributed by atoms with E-state index in [1.54, 1.807) is 31.2 Å². The molecule has 104 valence electrons. The minimum Gasteiger partial charge on any atom is -0.395 e. The predicted molar refractivity (Wildman–Crippen MR) is 78.3 cm³/mol. The van der Waals surface area contributed by atoms with Crippen molar-refractivity contribution in [2.45, 2.75) is 17.2 Å². The Balaban J connectivity index is 2.49. The van der Waals surface area contributed by atoms with E-state index in [4.69, 9.17) is 16.7 Å². The Kier molecular flexibility index (Phi) is 4.17. The Labute approximate surface area is 121 Å². The number of aliphatic hydroxyl groups excluding tert-OH is 1. The van der Waals surface area contributed by atoms with Crippen LogP contribution < -0.4 is 0 Å². The molecule has 0 amide bonds. The fraction of sp³-hybridized carbons (Fsp3) is 0.333. The molecule has 0 saturated heterocycles. The molecule has 1 unspecified atom stereocenters. The summed E-state index contributed by atoms with van der Waals surface area (Å²) < 4.78 is 27.1. The van der Waals surface area contributed by atoms with Gasteiger partial charge in [-0.3, -0.25) is 0 Å². The van der Waals surface area contributed by atoms with Crippen molar-refractivity contribution >= 4 is 43.0 Å². The molecule has 0 saturated carbocycles. The highest BCUT2D eigenvalue weighted by Gasteiger charge is 2.26. The van der Waals surface area contributed by atoms with E-state index in [9.17, 15) is 8.42 Å². The Morgan fingerprint density at radius 3 is 2.74 bits per heavy atom. The molecule has 0 fully saturated rings. The predicted octanol–water partition coefficient (Wildman–Crippen LogP) is 2.56. The first kappa shape index (κ1) is 14.7. The van der Waals surface area contributed by atoms with Crippen LogP contribution in [0.4, 0.5) is 0 Å². The summed E-state index contributed by atoms with van der Waals surface area (Å²) >= 11 is 7.09. The molecular formula is C12H14ClNO3S2. The molecular weight excluding hydrogens is 306 g/mol. The standard InChI is InChI=1S/C12H14ClNO3S2/c1-8(7-15)14(2)19(16,17)12-6-9-5-10(13)3-4-11(9)18-12/h3-6,8,15H,7H2,1-2H3. The van der Waals surface area contributed by atoms with Crippen molar-refractivity contribution in [2.24, 2.45) is 0 Å². The van der Waals surface area contributed by atoms with E-state index in [1.807, 2.05) is 0 Å². The van der Waals surface area contributed by atoms with E-state index in [1.165, 1.54) is 22.7 Å². The molecule has 0 spiro atoms. The molecule has 0 aliphatic heterocycles. The lowest BCUT2D eigenvalue weighted by Gasteiger charge is -2.21. The third kappa shape index (κ3) is 2.78. The molecule has 0 bridgehead atoms. The number of thiophene rings is 1. The lowest BCUT2D eigenvalue weighted by molar-refractivity contribution is 0.214. The lowest BCUT2D eigenvalue weighted by Crippen LogP contribution is -2.36. The van der Waals surface area contributed by atoms with E-state index in [0.717, 1.165) is 10.1 Å². The number of hydrogen-bond donors (Lipinski definition) is 1. The molecule has 0 aliphatic rings. The van der Waals surface area contributed by atoms with Crippen LogP contribution in [-0.2, 0) is 10.0 Å². The lowest BCUT2D eigenvalue weighted by atomic mass is 10.3. The molecule has 19 heavy (non-hydrogen) atoms. The third-order valence-corrected chi connectivity index (χ3v) is 6.75. The van der Waals surface area contributed by atoms with Crippen LogP contribution in [0.25, 0.3) is 10.1 Å². The van der Waals surface area contributed by atoms with Crippen molar-refractivity contribution < 1.29 is 13.5 Å².